The number of hydrogen-bond donors (Lipinski definition) is 2. The zero-order chi connectivity index (χ0) is 13.8. The molecule has 1 unspecified atom stereocenters. The van der Waals surface area contributed by atoms with Gasteiger partial charge in [-0.25, -0.2) is 0 Å². The maximum absolute atomic E-state index is 12.1. The standard InChI is InChI=1S/C15H23N3O.2ClH/c1-11(13-8-16-9-13)15(19)17-10-12-6-4-5-7-14(12)18(2)3;;/h4-7,11,13,16H,8-10H2,1-3H3,(H,17,19);2*1H. The zero-order valence-electron chi connectivity index (χ0n) is 12.8. The van der Waals surface area contributed by atoms with Crippen LogP contribution in [0.4, 0.5) is 5.69 Å². The largest absolute Gasteiger partial charge is 0.377 e. The molecule has 1 aromatic carbocycles. The summed E-state index contributed by atoms with van der Waals surface area (Å²) in [7, 11) is 4.03. The van der Waals surface area contributed by atoms with E-state index in [4.69, 9.17) is 0 Å². The Balaban J connectivity index is 0.00000200. The van der Waals surface area contributed by atoms with Crippen LogP contribution in [0.15, 0.2) is 24.3 Å². The highest BCUT2D eigenvalue weighted by atomic mass is 35.5. The topological polar surface area (TPSA) is 44.4 Å². The number of amides is 1. The van der Waals surface area contributed by atoms with Gasteiger partial charge in [-0.3, -0.25) is 4.79 Å². The van der Waals surface area contributed by atoms with E-state index in [-0.39, 0.29) is 36.6 Å². The molecule has 0 bridgehead atoms. The normalized spacial score (nSPS) is 15.0. The van der Waals surface area contributed by atoms with Crippen molar-refractivity contribution >= 4 is 36.4 Å². The van der Waals surface area contributed by atoms with Crippen LogP contribution >= 0.6 is 24.8 Å². The van der Waals surface area contributed by atoms with Gasteiger partial charge in [0.2, 0.25) is 5.91 Å². The minimum absolute atomic E-state index is 0. The van der Waals surface area contributed by atoms with E-state index >= 15 is 0 Å². The van der Waals surface area contributed by atoms with Crippen molar-refractivity contribution in [2.24, 2.45) is 11.8 Å². The number of halogens is 2. The summed E-state index contributed by atoms with van der Waals surface area (Å²) in [5, 5.41) is 6.26. The van der Waals surface area contributed by atoms with Gasteiger partial charge in [0.15, 0.2) is 0 Å². The lowest BCUT2D eigenvalue weighted by molar-refractivity contribution is -0.126. The molecule has 0 spiro atoms. The molecule has 1 saturated heterocycles. The van der Waals surface area contributed by atoms with Crippen molar-refractivity contribution in [1.82, 2.24) is 10.6 Å². The molecule has 1 heterocycles. The summed E-state index contributed by atoms with van der Waals surface area (Å²) in [6, 6.07) is 8.16. The SMILES string of the molecule is CC(C(=O)NCc1ccccc1N(C)C)C1CNC1.Cl.Cl. The predicted molar refractivity (Wildman–Crippen MR) is 92.6 cm³/mol. The van der Waals surface area contributed by atoms with Crippen LogP contribution in [0.25, 0.3) is 0 Å². The molecular weight excluding hydrogens is 309 g/mol. The quantitative estimate of drug-likeness (QED) is 0.866. The summed E-state index contributed by atoms with van der Waals surface area (Å²) in [6.07, 6.45) is 0. The molecule has 0 aromatic heterocycles. The third-order valence-electron chi connectivity index (χ3n) is 3.86. The van der Waals surface area contributed by atoms with Crippen molar-refractivity contribution < 1.29 is 4.79 Å². The second-order valence-corrected chi connectivity index (χ2v) is 5.45. The van der Waals surface area contributed by atoms with Crippen molar-refractivity contribution in [2.45, 2.75) is 13.5 Å². The number of rotatable bonds is 5. The van der Waals surface area contributed by atoms with Gasteiger partial charge < -0.3 is 15.5 Å². The lowest BCUT2D eigenvalue weighted by atomic mass is 9.88. The first-order valence-corrected chi connectivity index (χ1v) is 6.83. The Morgan fingerprint density at radius 1 is 1.33 bits per heavy atom. The van der Waals surface area contributed by atoms with E-state index in [1.165, 1.54) is 0 Å². The molecule has 2 N–H and O–H groups in total. The van der Waals surface area contributed by atoms with Crippen molar-refractivity contribution in [3.05, 3.63) is 29.8 Å². The molecule has 1 aromatic rings. The molecule has 1 aliphatic rings. The van der Waals surface area contributed by atoms with E-state index in [0.717, 1.165) is 24.3 Å². The first-order valence-electron chi connectivity index (χ1n) is 6.83. The zero-order valence-corrected chi connectivity index (χ0v) is 14.4. The van der Waals surface area contributed by atoms with Crippen LogP contribution in [0.2, 0.25) is 0 Å². The van der Waals surface area contributed by atoms with Crippen LogP contribution in [-0.2, 0) is 11.3 Å². The number of hydrogen-bond acceptors (Lipinski definition) is 3. The molecule has 0 radical (unpaired) electrons. The van der Waals surface area contributed by atoms with Crippen LogP contribution < -0.4 is 15.5 Å². The summed E-state index contributed by atoms with van der Waals surface area (Å²) in [5.74, 6) is 0.733. The van der Waals surface area contributed by atoms with Gasteiger partial charge in [-0.05, 0) is 30.6 Å². The molecule has 4 nitrogen and oxygen atoms in total. The summed E-state index contributed by atoms with van der Waals surface area (Å²) < 4.78 is 0. The second-order valence-electron chi connectivity index (χ2n) is 5.45. The van der Waals surface area contributed by atoms with E-state index in [2.05, 4.69) is 27.7 Å². The van der Waals surface area contributed by atoms with Gasteiger partial charge in [-0.15, -0.1) is 24.8 Å². The van der Waals surface area contributed by atoms with Crippen molar-refractivity contribution in [2.75, 3.05) is 32.1 Å². The van der Waals surface area contributed by atoms with E-state index in [9.17, 15) is 4.79 Å². The van der Waals surface area contributed by atoms with Crippen LogP contribution in [0.1, 0.15) is 12.5 Å². The van der Waals surface area contributed by atoms with Gasteiger partial charge in [0.25, 0.3) is 0 Å². The molecule has 120 valence electrons. The molecule has 6 heteroatoms. The van der Waals surface area contributed by atoms with Gasteiger partial charge in [0, 0.05) is 32.2 Å². The number of carbonyl (C=O) groups is 1. The highest BCUT2D eigenvalue weighted by Crippen LogP contribution is 2.19. The van der Waals surface area contributed by atoms with E-state index in [0.29, 0.717) is 12.5 Å². The molecule has 21 heavy (non-hydrogen) atoms. The molecule has 2 rings (SSSR count). The number of para-hydroxylation sites is 1. The summed E-state index contributed by atoms with van der Waals surface area (Å²) >= 11 is 0. The molecule has 1 atom stereocenters. The van der Waals surface area contributed by atoms with Gasteiger partial charge in [0.1, 0.15) is 0 Å². The number of carbonyl (C=O) groups excluding carboxylic acids is 1. The molecule has 1 aliphatic heterocycles. The Kier molecular flexibility index (Phi) is 8.71. The Morgan fingerprint density at radius 2 is 1.95 bits per heavy atom. The Hall–Kier alpha value is -0.970. The molecular formula is C15H25Cl2N3O. The summed E-state index contributed by atoms with van der Waals surface area (Å²) in [4.78, 5) is 14.1. The van der Waals surface area contributed by atoms with Gasteiger partial charge >= 0.3 is 0 Å². The Morgan fingerprint density at radius 3 is 2.48 bits per heavy atom. The van der Waals surface area contributed by atoms with E-state index in [1.807, 2.05) is 33.2 Å². The monoisotopic (exact) mass is 333 g/mol. The Labute approximate surface area is 139 Å². The maximum atomic E-state index is 12.1. The first kappa shape index (κ1) is 20.0. The average molecular weight is 334 g/mol. The van der Waals surface area contributed by atoms with Gasteiger partial charge in [-0.1, -0.05) is 25.1 Å². The van der Waals surface area contributed by atoms with Crippen LogP contribution in [0.3, 0.4) is 0 Å². The summed E-state index contributed by atoms with van der Waals surface area (Å²) in [5.41, 5.74) is 2.31. The van der Waals surface area contributed by atoms with Gasteiger partial charge in [0.05, 0.1) is 0 Å². The molecule has 1 fully saturated rings. The fourth-order valence-electron chi connectivity index (χ4n) is 2.32. The maximum Gasteiger partial charge on any atom is 0.223 e. The minimum Gasteiger partial charge on any atom is -0.377 e. The lowest BCUT2D eigenvalue weighted by Gasteiger charge is -2.31. The van der Waals surface area contributed by atoms with Crippen LogP contribution in [-0.4, -0.2) is 33.1 Å². The number of anilines is 1. The lowest BCUT2D eigenvalue weighted by Crippen LogP contribution is -2.49. The fraction of sp³-hybridized carbons (Fsp3) is 0.533. The molecule has 1 amide bonds. The number of benzene rings is 1. The highest BCUT2D eigenvalue weighted by molar-refractivity contribution is 5.85. The smallest absolute Gasteiger partial charge is 0.223 e. The highest BCUT2D eigenvalue weighted by Gasteiger charge is 2.28. The van der Waals surface area contributed by atoms with Crippen LogP contribution in [0, 0.1) is 11.8 Å². The van der Waals surface area contributed by atoms with E-state index in [1.54, 1.807) is 0 Å². The second kappa shape index (κ2) is 9.13. The number of nitrogens with zero attached hydrogens (tertiary/aromatic N) is 1. The first-order chi connectivity index (χ1) is 9.09. The van der Waals surface area contributed by atoms with Crippen molar-refractivity contribution in [3.63, 3.8) is 0 Å². The Bertz CT molecular complexity index is 450. The van der Waals surface area contributed by atoms with Crippen molar-refractivity contribution in [1.29, 1.82) is 0 Å². The number of nitrogens with one attached hydrogen (secondary N) is 2. The summed E-state index contributed by atoms with van der Waals surface area (Å²) in [6.45, 7) is 4.53. The molecule has 0 aliphatic carbocycles. The van der Waals surface area contributed by atoms with Crippen LogP contribution in [0.5, 0.6) is 0 Å². The average Bonchev–Trinajstić information content (AvgIpc) is 2.34. The van der Waals surface area contributed by atoms with E-state index < -0.39 is 0 Å². The third kappa shape index (κ3) is 5.06. The molecule has 0 saturated carbocycles. The fourth-order valence-corrected chi connectivity index (χ4v) is 2.32. The minimum atomic E-state index is 0. The predicted octanol–water partition coefficient (Wildman–Crippen LogP) is 2.07. The van der Waals surface area contributed by atoms with Gasteiger partial charge in [-0.2, -0.15) is 0 Å². The van der Waals surface area contributed by atoms with Crippen molar-refractivity contribution in [3.8, 4) is 0 Å². The third-order valence-corrected chi connectivity index (χ3v) is 3.86.